The molecule has 0 aromatic carbocycles. The van der Waals surface area contributed by atoms with Crippen LogP contribution in [0.25, 0.3) is 0 Å². The molecule has 2 aromatic heterocycles. The van der Waals surface area contributed by atoms with E-state index < -0.39 is 0 Å². The molecule has 0 unspecified atom stereocenters. The molecule has 0 saturated carbocycles. The summed E-state index contributed by atoms with van der Waals surface area (Å²) < 4.78 is 1.97. The molecule has 6 heteroatoms. The van der Waals surface area contributed by atoms with Gasteiger partial charge in [-0.2, -0.15) is 0 Å². The van der Waals surface area contributed by atoms with Crippen molar-refractivity contribution in [3.63, 3.8) is 0 Å². The molecule has 0 aliphatic heterocycles. The summed E-state index contributed by atoms with van der Waals surface area (Å²) in [6, 6.07) is 1.66. The van der Waals surface area contributed by atoms with Gasteiger partial charge in [-0.05, 0) is 6.07 Å². The van der Waals surface area contributed by atoms with Gasteiger partial charge in [0.1, 0.15) is 5.82 Å². The molecule has 0 fully saturated rings. The predicted octanol–water partition coefficient (Wildman–Crippen LogP) is 2.70. The molecular weight excluding hydrogens is 247 g/mol. The summed E-state index contributed by atoms with van der Waals surface area (Å²) in [4.78, 5) is 8.05. The maximum Gasteiger partial charge on any atom is 0.144 e. The Morgan fingerprint density at radius 3 is 2.94 bits per heavy atom. The van der Waals surface area contributed by atoms with E-state index in [4.69, 9.17) is 23.2 Å². The van der Waals surface area contributed by atoms with Gasteiger partial charge in [0.25, 0.3) is 0 Å². The average Bonchev–Trinajstić information content (AvgIpc) is 2.74. The van der Waals surface area contributed by atoms with Gasteiger partial charge < -0.3 is 9.88 Å². The van der Waals surface area contributed by atoms with Gasteiger partial charge in [0.15, 0.2) is 0 Å². The minimum atomic E-state index is 0.526. The van der Waals surface area contributed by atoms with E-state index in [9.17, 15) is 0 Å². The second kappa shape index (κ2) is 5.18. The van der Waals surface area contributed by atoms with Crippen molar-refractivity contribution >= 4 is 29.0 Å². The van der Waals surface area contributed by atoms with E-state index in [1.807, 2.05) is 10.8 Å². The lowest BCUT2D eigenvalue weighted by molar-refractivity contribution is 0.725. The maximum absolute atomic E-state index is 5.96. The minimum Gasteiger partial charge on any atom is -0.367 e. The normalized spacial score (nSPS) is 10.4. The van der Waals surface area contributed by atoms with E-state index in [0.717, 1.165) is 13.1 Å². The van der Waals surface area contributed by atoms with Crippen molar-refractivity contribution in [1.29, 1.82) is 0 Å². The summed E-state index contributed by atoms with van der Waals surface area (Å²) in [5, 5.41) is 4.19. The SMILES string of the molecule is Clc1cnc(NCCn2ccnc2)c(Cl)c1. The number of nitrogens with one attached hydrogen (secondary N) is 1. The average molecular weight is 257 g/mol. The molecule has 2 heterocycles. The molecule has 4 nitrogen and oxygen atoms in total. The number of hydrogen-bond acceptors (Lipinski definition) is 3. The topological polar surface area (TPSA) is 42.7 Å². The van der Waals surface area contributed by atoms with Gasteiger partial charge in [0.05, 0.1) is 16.4 Å². The first-order valence-electron chi connectivity index (χ1n) is 4.76. The van der Waals surface area contributed by atoms with Gasteiger partial charge >= 0.3 is 0 Å². The van der Waals surface area contributed by atoms with Gasteiger partial charge in [0, 0.05) is 31.7 Å². The van der Waals surface area contributed by atoms with Crippen LogP contribution in [0, 0.1) is 0 Å². The van der Waals surface area contributed by atoms with Crippen molar-refractivity contribution in [2.45, 2.75) is 6.54 Å². The fourth-order valence-electron chi connectivity index (χ4n) is 1.27. The lowest BCUT2D eigenvalue weighted by Gasteiger charge is -2.07. The summed E-state index contributed by atoms with van der Waals surface area (Å²) in [6.45, 7) is 1.53. The number of halogens is 2. The van der Waals surface area contributed by atoms with Gasteiger partial charge in [-0.1, -0.05) is 23.2 Å². The summed E-state index contributed by atoms with van der Waals surface area (Å²) in [5.41, 5.74) is 0. The largest absolute Gasteiger partial charge is 0.367 e. The van der Waals surface area contributed by atoms with E-state index in [0.29, 0.717) is 15.9 Å². The molecule has 0 aliphatic rings. The molecule has 2 aromatic rings. The first-order valence-corrected chi connectivity index (χ1v) is 5.52. The summed E-state index contributed by atoms with van der Waals surface area (Å²) in [7, 11) is 0. The fraction of sp³-hybridized carbons (Fsp3) is 0.200. The van der Waals surface area contributed by atoms with E-state index in [2.05, 4.69) is 15.3 Å². The Morgan fingerprint density at radius 1 is 1.38 bits per heavy atom. The number of pyridine rings is 1. The Labute approximate surface area is 103 Å². The minimum absolute atomic E-state index is 0.526. The molecular formula is C10H10Cl2N4. The van der Waals surface area contributed by atoms with Crippen molar-refractivity contribution in [1.82, 2.24) is 14.5 Å². The summed E-state index contributed by atoms with van der Waals surface area (Å²) in [6.07, 6.45) is 6.97. The molecule has 0 radical (unpaired) electrons. The second-order valence-corrected chi connectivity index (χ2v) is 4.05. The zero-order valence-corrected chi connectivity index (χ0v) is 9.91. The van der Waals surface area contributed by atoms with Crippen LogP contribution < -0.4 is 5.32 Å². The molecule has 0 spiro atoms. The zero-order chi connectivity index (χ0) is 11.4. The third kappa shape index (κ3) is 2.87. The molecule has 1 N–H and O–H groups in total. The van der Waals surface area contributed by atoms with Crippen molar-refractivity contribution in [2.75, 3.05) is 11.9 Å². The number of hydrogen-bond donors (Lipinski definition) is 1. The van der Waals surface area contributed by atoms with E-state index in [1.165, 1.54) is 0 Å². The highest BCUT2D eigenvalue weighted by molar-refractivity contribution is 6.35. The van der Waals surface area contributed by atoms with Gasteiger partial charge in [-0.25, -0.2) is 9.97 Å². The van der Waals surface area contributed by atoms with Crippen LogP contribution in [-0.2, 0) is 6.54 Å². The van der Waals surface area contributed by atoms with Gasteiger partial charge in [0.2, 0.25) is 0 Å². The van der Waals surface area contributed by atoms with Crippen LogP contribution in [0.4, 0.5) is 5.82 Å². The van der Waals surface area contributed by atoms with E-state index in [1.54, 1.807) is 24.8 Å². The molecule has 2 rings (SSSR count). The predicted molar refractivity (Wildman–Crippen MR) is 65.0 cm³/mol. The second-order valence-electron chi connectivity index (χ2n) is 3.21. The lowest BCUT2D eigenvalue weighted by atomic mass is 10.4. The first kappa shape index (κ1) is 11.2. The fourth-order valence-corrected chi connectivity index (χ4v) is 1.71. The Morgan fingerprint density at radius 2 is 2.25 bits per heavy atom. The smallest absolute Gasteiger partial charge is 0.144 e. The molecule has 0 atom stereocenters. The van der Waals surface area contributed by atoms with Crippen LogP contribution in [0.15, 0.2) is 31.0 Å². The summed E-state index contributed by atoms with van der Waals surface area (Å²) >= 11 is 11.7. The lowest BCUT2D eigenvalue weighted by Crippen LogP contribution is -2.10. The number of anilines is 1. The van der Waals surface area contributed by atoms with Gasteiger partial charge in [-0.3, -0.25) is 0 Å². The van der Waals surface area contributed by atoms with Crippen molar-refractivity contribution in [3.8, 4) is 0 Å². The molecule has 0 aliphatic carbocycles. The highest BCUT2D eigenvalue weighted by Crippen LogP contribution is 2.22. The highest BCUT2D eigenvalue weighted by atomic mass is 35.5. The number of nitrogens with zero attached hydrogens (tertiary/aromatic N) is 3. The third-order valence-corrected chi connectivity index (χ3v) is 2.52. The number of aromatic nitrogens is 3. The van der Waals surface area contributed by atoms with E-state index >= 15 is 0 Å². The first-order chi connectivity index (χ1) is 7.75. The monoisotopic (exact) mass is 256 g/mol. The Balaban J connectivity index is 1.90. The van der Waals surface area contributed by atoms with Crippen molar-refractivity contribution in [3.05, 3.63) is 41.0 Å². The van der Waals surface area contributed by atoms with Crippen LogP contribution in [0.3, 0.4) is 0 Å². The summed E-state index contributed by atoms with van der Waals surface area (Å²) in [5.74, 6) is 0.645. The zero-order valence-electron chi connectivity index (χ0n) is 8.40. The van der Waals surface area contributed by atoms with E-state index in [-0.39, 0.29) is 0 Å². The number of rotatable bonds is 4. The van der Waals surface area contributed by atoms with Crippen LogP contribution >= 0.6 is 23.2 Å². The molecule has 0 bridgehead atoms. The van der Waals surface area contributed by atoms with Crippen LogP contribution in [0.5, 0.6) is 0 Å². The van der Waals surface area contributed by atoms with Crippen LogP contribution in [-0.4, -0.2) is 21.1 Å². The standard InChI is InChI=1S/C10H10Cl2N4/c11-8-5-9(12)10(15-6-8)14-2-4-16-3-1-13-7-16/h1,3,5-7H,2,4H2,(H,14,15). The van der Waals surface area contributed by atoms with Crippen LogP contribution in [0.2, 0.25) is 10.0 Å². The molecule has 16 heavy (non-hydrogen) atoms. The molecule has 84 valence electrons. The Bertz CT molecular complexity index is 456. The Hall–Kier alpha value is -1.26. The van der Waals surface area contributed by atoms with Crippen molar-refractivity contribution in [2.24, 2.45) is 0 Å². The Kier molecular flexibility index (Phi) is 3.64. The van der Waals surface area contributed by atoms with Crippen molar-refractivity contribution < 1.29 is 0 Å². The maximum atomic E-state index is 5.96. The van der Waals surface area contributed by atoms with Gasteiger partial charge in [-0.15, -0.1) is 0 Å². The number of imidazole rings is 1. The molecule has 0 amide bonds. The molecule has 0 saturated heterocycles. The van der Waals surface area contributed by atoms with Crippen LogP contribution in [0.1, 0.15) is 0 Å². The third-order valence-electron chi connectivity index (χ3n) is 2.03. The quantitative estimate of drug-likeness (QED) is 0.915. The highest BCUT2D eigenvalue weighted by Gasteiger charge is 2.01.